The van der Waals surface area contributed by atoms with Crippen LogP contribution in [-0.2, 0) is 25.5 Å². The van der Waals surface area contributed by atoms with Gasteiger partial charge in [-0.25, -0.2) is 0 Å². The molecule has 4 heteroatoms. The van der Waals surface area contributed by atoms with E-state index >= 15 is 0 Å². The van der Waals surface area contributed by atoms with E-state index in [1.807, 2.05) is 30.3 Å². The van der Waals surface area contributed by atoms with Crippen molar-refractivity contribution >= 4 is 12.3 Å². The van der Waals surface area contributed by atoms with Gasteiger partial charge in [0.05, 0.1) is 6.42 Å². The Balaban J connectivity index is 0.000000673. The lowest BCUT2D eigenvalue weighted by atomic mass is 10.2. The molecule has 0 atom stereocenters. The molecule has 0 bridgehead atoms. The summed E-state index contributed by atoms with van der Waals surface area (Å²) in [6, 6.07) is 9.45. The molecule has 88 valence electrons. The number of esters is 1. The second-order valence-electron chi connectivity index (χ2n) is 2.82. The highest BCUT2D eigenvalue weighted by Crippen LogP contribution is 2.00. The van der Waals surface area contributed by atoms with Gasteiger partial charge in [-0.05, 0) is 12.5 Å². The maximum atomic E-state index is 11.1. The molecule has 0 radical (unpaired) electrons. The summed E-state index contributed by atoms with van der Waals surface area (Å²) >= 11 is 0. The zero-order chi connectivity index (χ0) is 12.2. The van der Waals surface area contributed by atoms with Gasteiger partial charge >= 0.3 is 5.97 Å². The minimum absolute atomic E-state index is 0.0195. The standard InChI is InChI=1S/C10H12O3.C2H4O/c1-12-8-13-10(11)7-9-5-3-2-4-6-9;1-2-3/h2-6H,7-8H2,1H3;2H,1H3. The highest BCUT2D eigenvalue weighted by atomic mass is 16.7. The third-order valence-electron chi connectivity index (χ3n) is 1.53. The predicted molar refractivity (Wildman–Crippen MR) is 59.9 cm³/mol. The Kier molecular flexibility index (Phi) is 8.82. The number of hydrogen-bond acceptors (Lipinski definition) is 4. The molecule has 1 rings (SSSR count). The molecule has 0 aliphatic rings. The van der Waals surface area contributed by atoms with E-state index in [-0.39, 0.29) is 12.8 Å². The van der Waals surface area contributed by atoms with Crippen LogP contribution in [0.5, 0.6) is 0 Å². The van der Waals surface area contributed by atoms with Crippen molar-refractivity contribution in [3.05, 3.63) is 35.9 Å². The average molecular weight is 224 g/mol. The van der Waals surface area contributed by atoms with Gasteiger partial charge in [0.1, 0.15) is 6.29 Å². The fraction of sp³-hybridized carbons (Fsp3) is 0.333. The van der Waals surface area contributed by atoms with E-state index in [4.69, 9.17) is 9.53 Å². The number of methoxy groups -OCH3 is 1. The summed E-state index contributed by atoms with van der Waals surface area (Å²) < 4.78 is 9.34. The number of aldehydes is 1. The minimum atomic E-state index is -0.270. The molecule has 0 spiro atoms. The van der Waals surface area contributed by atoms with Crippen molar-refractivity contribution in [3.63, 3.8) is 0 Å². The van der Waals surface area contributed by atoms with Crippen molar-refractivity contribution in [2.24, 2.45) is 0 Å². The number of hydrogen-bond donors (Lipinski definition) is 0. The maximum absolute atomic E-state index is 11.1. The molecule has 1 aromatic rings. The zero-order valence-corrected chi connectivity index (χ0v) is 9.51. The van der Waals surface area contributed by atoms with Crippen LogP contribution in [0.4, 0.5) is 0 Å². The first-order valence-electron chi connectivity index (χ1n) is 4.82. The lowest BCUT2D eigenvalue weighted by Crippen LogP contribution is -2.09. The van der Waals surface area contributed by atoms with Crippen molar-refractivity contribution in [3.8, 4) is 0 Å². The molecule has 0 aliphatic heterocycles. The van der Waals surface area contributed by atoms with E-state index in [9.17, 15) is 4.79 Å². The number of rotatable bonds is 4. The molecule has 0 aliphatic carbocycles. The van der Waals surface area contributed by atoms with Crippen LogP contribution in [0.2, 0.25) is 0 Å². The van der Waals surface area contributed by atoms with Gasteiger partial charge in [-0.1, -0.05) is 30.3 Å². The largest absolute Gasteiger partial charge is 0.438 e. The summed E-state index contributed by atoms with van der Waals surface area (Å²) in [6.45, 7) is 1.46. The zero-order valence-electron chi connectivity index (χ0n) is 9.51. The summed E-state index contributed by atoms with van der Waals surface area (Å²) in [5, 5.41) is 0. The van der Waals surface area contributed by atoms with E-state index in [0.29, 0.717) is 6.42 Å². The summed E-state index contributed by atoms with van der Waals surface area (Å²) in [5.41, 5.74) is 0.948. The van der Waals surface area contributed by atoms with Crippen LogP contribution in [0.3, 0.4) is 0 Å². The molecule has 0 unspecified atom stereocenters. The molecule has 0 aromatic heterocycles. The molecule has 16 heavy (non-hydrogen) atoms. The summed E-state index contributed by atoms with van der Waals surface area (Å²) in [6.07, 6.45) is 1.05. The molecule has 0 saturated heterocycles. The Bertz CT molecular complexity index is 295. The van der Waals surface area contributed by atoms with Crippen LogP contribution in [0.1, 0.15) is 12.5 Å². The van der Waals surface area contributed by atoms with Gasteiger partial charge < -0.3 is 14.3 Å². The van der Waals surface area contributed by atoms with Crippen LogP contribution in [0.15, 0.2) is 30.3 Å². The van der Waals surface area contributed by atoms with Gasteiger partial charge in [-0.3, -0.25) is 4.79 Å². The topological polar surface area (TPSA) is 52.6 Å². The monoisotopic (exact) mass is 224 g/mol. The first-order valence-corrected chi connectivity index (χ1v) is 4.82. The molecule has 0 fully saturated rings. The predicted octanol–water partition coefficient (Wildman–Crippen LogP) is 1.58. The first kappa shape index (κ1) is 14.3. The van der Waals surface area contributed by atoms with Crippen LogP contribution in [0.25, 0.3) is 0 Å². The Morgan fingerprint density at radius 2 is 1.88 bits per heavy atom. The van der Waals surface area contributed by atoms with Crippen LogP contribution in [-0.4, -0.2) is 26.2 Å². The van der Waals surface area contributed by atoms with Gasteiger partial charge in [0, 0.05) is 7.11 Å². The lowest BCUT2D eigenvalue weighted by molar-refractivity contribution is -0.153. The second kappa shape index (κ2) is 9.86. The third kappa shape index (κ3) is 7.70. The molecular weight excluding hydrogens is 208 g/mol. The maximum Gasteiger partial charge on any atom is 0.312 e. The van der Waals surface area contributed by atoms with E-state index < -0.39 is 0 Å². The van der Waals surface area contributed by atoms with E-state index in [0.717, 1.165) is 11.8 Å². The number of carbonyl (C=O) groups is 2. The quantitative estimate of drug-likeness (QED) is 0.442. The van der Waals surface area contributed by atoms with Crippen molar-refractivity contribution in [2.75, 3.05) is 13.9 Å². The van der Waals surface area contributed by atoms with Crippen LogP contribution < -0.4 is 0 Å². The highest BCUT2D eigenvalue weighted by Gasteiger charge is 2.02. The van der Waals surface area contributed by atoms with Crippen molar-refractivity contribution in [2.45, 2.75) is 13.3 Å². The molecule has 0 heterocycles. The average Bonchev–Trinajstić information content (AvgIpc) is 2.29. The Labute approximate surface area is 95.2 Å². The Hall–Kier alpha value is -1.68. The molecule has 1 aromatic carbocycles. The molecule has 4 nitrogen and oxygen atoms in total. The summed E-state index contributed by atoms with van der Waals surface area (Å²) in [5.74, 6) is -0.270. The highest BCUT2D eigenvalue weighted by molar-refractivity contribution is 5.72. The van der Waals surface area contributed by atoms with Gasteiger partial charge in [-0.2, -0.15) is 0 Å². The molecule has 0 N–H and O–H groups in total. The Morgan fingerprint density at radius 1 is 1.31 bits per heavy atom. The van der Waals surface area contributed by atoms with Gasteiger partial charge in [0.2, 0.25) is 0 Å². The van der Waals surface area contributed by atoms with E-state index in [1.165, 1.54) is 14.0 Å². The van der Waals surface area contributed by atoms with Crippen LogP contribution >= 0.6 is 0 Å². The van der Waals surface area contributed by atoms with Gasteiger partial charge in [0.15, 0.2) is 6.79 Å². The molecule has 0 amide bonds. The second-order valence-corrected chi connectivity index (χ2v) is 2.82. The molecule has 0 saturated carbocycles. The van der Waals surface area contributed by atoms with Gasteiger partial charge in [0.25, 0.3) is 0 Å². The summed E-state index contributed by atoms with van der Waals surface area (Å²) in [4.78, 5) is 19.9. The number of ether oxygens (including phenoxy) is 2. The smallest absolute Gasteiger partial charge is 0.312 e. The summed E-state index contributed by atoms with van der Waals surface area (Å²) in [7, 11) is 1.48. The fourth-order valence-electron chi connectivity index (χ4n) is 0.938. The van der Waals surface area contributed by atoms with Crippen molar-refractivity contribution < 1.29 is 19.1 Å². The normalized spacial score (nSPS) is 8.62. The lowest BCUT2D eigenvalue weighted by Gasteiger charge is -2.02. The fourth-order valence-corrected chi connectivity index (χ4v) is 0.938. The number of carbonyl (C=O) groups excluding carboxylic acids is 2. The van der Waals surface area contributed by atoms with Crippen molar-refractivity contribution in [1.29, 1.82) is 0 Å². The SMILES string of the molecule is CC=O.COCOC(=O)Cc1ccccc1. The number of benzene rings is 1. The third-order valence-corrected chi connectivity index (χ3v) is 1.53. The minimum Gasteiger partial charge on any atom is -0.438 e. The molecular formula is C12H16O4. The van der Waals surface area contributed by atoms with E-state index in [1.54, 1.807) is 0 Å². The van der Waals surface area contributed by atoms with Crippen molar-refractivity contribution in [1.82, 2.24) is 0 Å². The Morgan fingerprint density at radius 3 is 2.38 bits per heavy atom. The van der Waals surface area contributed by atoms with Crippen LogP contribution in [0, 0.1) is 0 Å². The van der Waals surface area contributed by atoms with Gasteiger partial charge in [-0.15, -0.1) is 0 Å². The first-order chi connectivity index (χ1) is 7.74. The van der Waals surface area contributed by atoms with E-state index in [2.05, 4.69) is 4.74 Å².